The van der Waals surface area contributed by atoms with Crippen LogP contribution >= 0.6 is 11.3 Å². The summed E-state index contributed by atoms with van der Waals surface area (Å²) >= 11 is 1.72. The molecule has 5 rings (SSSR count). The summed E-state index contributed by atoms with van der Waals surface area (Å²) < 4.78 is 1.12. The number of nitrogens with zero attached hydrogens (tertiary/aromatic N) is 3. The zero-order valence-corrected chi connectivity index (χ0v) is 18.8. The zero-order chi connectivity index (χ0) is 21.4. The minimum Gasteiger partial charge on any atom is -0.368 e. The quantitative estimate of drug-likeness (QED) is 0.333. The first-order valence-electron chi connectivity index (χ1n) is 10.6. The highest BCUT2D eigenvalue weighted by Crippen LogP contribution is 2.35. The molecule has 0 unspecified atom stereocenters. The number of rotatable bonds is 6. The maximum Gasteiger partial charge on any atom is 0.163 e. The van der Waals surface area contributed by atoms with Gasteiger partial charge in [0.05, 0.1) is 10.2 Å². The van der Waals surface area contributed by atoms with Crippen molar-refractivity contribution in [3.63, 3.8) is 0 Å². The van der Waals surface area contributed by atoms with Gasteiger partial charge >= 0.3 is 0 Å². The van der Waals surface area contributed by atoms with E-state index >= 15 is 0 Å². The van der Waals surface area contributed by atoms with Gasteiger partial charge in [0.2, 0.25) is 0 Å². The first-order chi connectivity index (χ1) is 15.1. The number of aromatic nitrogens is 4. The Morgan fingerprint density at radius 1 is 1.13 bits per heavy atom. The van der Waals surface area contributed by atoms with Crippen LogP contribution in [0.4, 0.5) is 5.82 Å². The summed E-state index contributed by atoms with van der Waals surface area (Å²) in [7, 11) is 0. The molecule has 1 aromatic carbocycles. The van der Waals surface area contributed by atoms with Crippen molar-refractivity contribution >= 4 is 38.3 Å². The van der Waals surface area contributed by atoms with Crippen LogP contribution in [0.5, 0.6) is 0 Å². The Morgan fingerprint density at radius 3 is 2.84 bits per heavy atom. The number of aromatic amines is 1. The lowest BCUT2D eigenvalue weighted by Gasteiger charge is -2.10. The molecule has 6 heteroatoms. The number of thiophene rings is 1. The second-order valence-electron chi connectivity index (χ2n) is 8.21. The molecule has 0 bridgehead atoms. The van der Waals surface area contributed by atoms with E-state index in [2.05, 4.69) is 71.0 Å². The summed E-state index contributed by atoms with van der Waals surface area (Å²) in [6.45, 7) is 7.26. The smallest absolute Gasteiger partial charge is 0.163 e. The topological polar surface area (TPSA) is 66.5 Å². The summed E-state index contributed by atoms with van der Waals surface area (Å²) in [6.07, 6.45) is 6.71. The fourth-order valence-electron chi connectivity index (χ4n) is 3.93. The molecule has 2 N–H and O–H groups in total. The van der Waals surface area contributed by atoms with Gasteiger partial charge in [-0.25, -0.2) is 9.97 Å². The SMILES string of the molecule is Cc1cncc(-c2nc(NCCc3c[nH]c4ccccc34)c3scc(C(C)C)c3n2)c1. The van der Waals surface area contributed by atoms with Crippen molar-refractivity contribution in [2.45, 2.75) is 33.1 Å². The van der Waals surface area contributed by atoms with Crippen LogP contribution in [-0.2, 0) is 6.42 Å². The van der Waals surface area contributed by atoms with Gasteiger partial charge in [0.25, 0.3) is 0 Å². The third-order valence-electron chi connectivity index (χ3n) is 5.56. The summed E-state index contributed by atoms with van der Waals surface area (Å²) in [5.41, 5.74) is 6.85. The molecular formula is C25H25N5S. The van der Waals surface area contributed by atoms with Gasteiger partial charge in [0.1, 0.15) is 5.82 Å². The largest absolute Gasteiger partial charge is 0.368 e. The van der Waals surface area contributed by atoms with Crippen molar-refractivity contribution in [1.82, 2.24) is 19.9 Å². The minimum atomic E-state index is 0.409. The molecule has 0 aliphatic heterocycles. The number of aryl methyl sites for hydroxylation is 1. The zero-order valence-electron chi connectivity index (χ0n) is 17.9. The third-order valence-corrected chi connectivity index (χ3v) is 6.55. The minimum absolute atomic E-state index is 0.409. The molecule has 0 fully saturated rings. The van der Waals surface area contributed by atoms with Crippen LogP contribution in [0.3, 0.4) is 0 Å². The van der Waals surface area contributed by atoms with Crippen LogP contribution in [0.15, 0.2) is 54.3 Å². The summed E-state index contributed by atoms with van der Waals surface area (Å²) in [5, 5.41) is 7.09. The van der Waals surface area contributed by atoms with E-state index in [0.29, 0.717) is 5.92 Å². The Balaban J connectivity index is 1.49. The van der Waals surface area contributed by atoms with Gasteiger partial charge in [0.15, 0.2) is 5.82 Å². The van der Waals surface area contributed by atoms with Crippen molar-refractivity contribution in [2.24, 2.45) is 0 Å². The number of hydrogen-bond donors (Lipinski definition) is 2. The van der Waals surface area contributed by atoms with Crippen molar-refractivity contribution in [3.05, 3.63) is 71.0 Å². The van der Waals surface area contributed by atoms with Crippen LogP contribution in [-0.4, -0.2) is 26.5 Å². The second kappa shape index (κ2) is 8.12. The standard InChI is InChI=1S/C25H25N5S/c1-15(2)20-14-31-23-22(20)29-24(18-10-16(3)11-26-12-18)30-25(23)27-9-8-17-13-28-21-7-5-4-6-19(17)21/h4-7,10-15,28H,8-9H2,1-3H3,(H,27,29,30). The average Bonchev–Trinajstić information content (AvgIpc) is 3.38. The lowest BCUT2D eigenvalue weighted by Crippen LogP contribution is -2.07. The number of hydrogen-bond acceptors (Lipinski definition) is 5. The number of fused-ring (bicyclic) bond motifs is 2. The number of pyridine rings is 1. The van der Waals surface area contributed by atoms with E-state index in [4.69, 9.17) is 9.97 Å². The van der Waals surface area contributed by atoms with E-state index in [1.165, 1.54) is 22.0 Å². The summed E-state index contributed by atoms with van der Waals surface area (Å²) in [4.78, 5) is 17.5. The molecule has 0 saturated heterocycles. The first-order valence-corrected chi connectivity index (χ1v) is 11.5. The lowest BCUT2D eigenvalue weighted by molar-refractivity contribution is 0.877. The average molecular weight is 428 g/mol. The van der Waals surface area contributed by atoms with Crippen molar-refractivity contribution in [2.75, 3.05) is 11.9 Å². The maximum absolute atomic E-state index is 4.94. The molecule has 0 radical (unpaired) electrons. The van der Waals surface area contributed by atoms with Crippen LogP contribution in [0, 0.1) is 6.92 Å². The van der Waals surface area contributed by atoms with E-state index in [0.717, 1.165) is 46.0 Å². The Labute approximate surface area is 185 Å². The lowest BCUT2D eigenvalue weighted by atomic mass is 10.1. The Kier molecular flexibility index (Phi) is 5.16. The van der Waals surface area contributed by atoms with Gasteiger partial charge in [-0.05, 0) is 53.5 Å². The van der Waals surface area contributed by atoms with E-state index in [-0.39, 0.29) is 0 Å². The Hall–Kier alpha value is -3.25. The predicted molar refractivity (Wildman–Crippen MR) is 130 cm³/mol. The van der Waals surface area contributed by atoms with E-state index in [1.54, 1.807) is 11.3 Å². The molecular weight excluding hydrogens is 402 g/mol. The van der Waals surface area contributed by atoms with Gasteiger partial charge in [-0.1, -0.05) is 32.0 Å². The highest BCUT2D eigenvalue weighted by atomic mass is 32.1. The second-order valence-corrected chi connectivity index (χ2v) is 9.09. The highest BCUT2D eigenvalue weighted by Gasteiger charge is 2.16. The van der Waals surface area contributed by atoms with E-state index < -0.39 is 0 Å². The van der Waals surface area contributed by atoms with Crippen molar-refractivity contribution in [1.29, 1.82) is 0 Å². The molecule has 0 atom stereocenters. The summed E-state index contributed by atoms with van der Waals surface area (Å²) in [6, 6.07) is 10.5. The van der Waals surface area contributed by atoms with Crippen LogP contribution in [0.1, 0.15) is 36.5 Å². The van der Waals surface area contributed by atoms with Gasteiger partial charge in [0, 0.05) is 41.6 Å². The number of para-hydroxylation sites is 1. The molecule has 0 saturated carbocycles. The molecule has 0 spiro atoms. The Morgan fingerprint density at radius 2 is 2.00 bits per heavy atom. The van der Waals surface area contributed by atoms with Gasteiger partial charge in [-0.3, -0.25) is 4.98 Å². The highest BCUT2D eigenvalue weighted by molar-refractivity contribution is 7.18. The van der Waals surface area contributed by atoms with Crippen LogP contribution in [0.25, 0.3) is 32.5 Å². The first kappa shape index (κ1) is 19.7. The van der Waals surface area contributed by atoms with Crippen molar-refractivity contribution in [3.8, 4) is 11.4 Å². The number of nitrogens with one attached hydrogen (secondary N) is 2. The normalized spacial score (nSPS) is 11.6. The number of benzene rings is 1. The molecule has 31 heavy (non-hydrogen) atoms. The van der Waals surface area contributed by atoms with Crippen molar-refractivity contribution < 1.29 is 0 Å². The molecule has 0 amide bonds. The third kappa shape index (κ3) is 3.79. The monoisotopic (exact) mass is 427 g/mol. The maximum atomic E-state index is 4.94. The molecule has 4 aromatic heterocycles. The fraction of sp³-hybridized carbons (Fsp3) is 0.240. The number of H-pyrrole nitrogens is 1. The van der Waals surface area contributed by atoms with E-state index in [1.807, 2.05) is 19.3 Å². The fourth-order valence-corrected chi connectivity index (χ4v) is 5.06. The van der Waals surface area contributed by atoms with Gasteiger partial charge in [-0.15, -0.1) is 11.3 Å². The predicted octanol–water partition coefficient (Wildman–Crippen LogP) is 6.32. The molecule has 5 nitrogen and oxygen atoms in total. The van der Waals surface area contributed by atoms with Gasteiger partial charge < -0.3 is 10.3 Å². The molecule has 5 aromatic rings. The van der Waals surface area contributed by atoms with Crippen LogP contribution < -0.4 is 5.32 Å². The molecule has 0 aliphatic carbocycles. The van der Waals surface area contributed by atoms with Crippen LogP contribution in [0.2, 0.25) is 0 Å². The van der Waals surface area contributed by atoms with Gasteiger partial charge in [-0.2, -0.15) is 0 Å². The Bertz CT molecular complexity index is 1370. The van der Waals surface area contributed by atoms with E-state index in [9.17, 15) is 0 Å². The molecule has 156 valence electrons. The summed E-state index contributed by atoms with van der Waals surface area (Å²) in [5.74, 6) is 2.03. The number of anilines is 1. The molecule has 4 heterocycles. The molecule has 0 aliphatic rings.